The molecule has 0 N–H and O–H groups in total. The van der Waals surface area contributed by atoms with Crippen molar-refractivity contribution in [1.29, 1.82) is 0 Å². The molecule has 0 bridgehead atoms. The fraction of sp³-hybridized carbons (Fsp3) is 0.417. The topological polar surface area (TPSA) is 60.4 Å². The van der Waals surface area contributed by atoms with Crippen molar-refractivity contribution in [3.8, 4) is 0 Å². The predicted molar refractivity (Wildman–Crippen MR) is 77.7 cm³/mol. The lowest BCUT2D eigenvalue weighted by molar-refractivity contribution is 0.0600. The average Bonchev–Trinajstić information content (AvgIpc) is 2.34. The molecule has 7 heteroatoms. The van der Waals surface area contributed by atoms with Gasteiger partial charge in [0.2, 0.25) is 0 Å². The molecule has 0 aliphatic rings. The smallest absolute Gasteiger partial charge is 0.339 e. The van der Waals surface area contributed by atoms with Gasteiger partial charge in [-0.2, -0.15) is 11.8 Å². The van der Waals surface area contributed by atoms with Crippen LogP contribution in [-0.4, -0.2) is 33.5 Å². The normalized spacial score (nSPS) is 11.4. The number of sulfone groups is 1. The summed E-state index contributed by atoms with van der Waals surface area (Å²) in [7, 11) is -2.13. The molecule has 19 heavy (non-hydrogen) atoms. The van der Waals surface area contributed by atoms with Gasteiger partial charge in [0.1, 0.15) is 0 Å². The summed E-state index contributed by atoms with van der Waals surface area (Å²) in [6.45, 7) is 1.96. The second-order valence-electron chi connectivity index (χ2n) is 3.80. The summed E-state index contributed by atoms with van der Waals surface area (Å²) < 4.78 is 28.1. The Hall–Kier alpha value is -0.720. The van der Waals surface area contributed by atoms with Gasteiger partial charge in [-0.25, -0.2) is 13.2 Å². The first-order valence-corrected chi connectivity index (χ1v) is 8.92. The lowest BCUT2D eigenvalue weighted by Gasteiger charge is -2.12. The molecule has 0 unspecified atom stereocenters. The molecule has 0 saturated heterocycles. The van der Waals surface area contributed by atoms with Gasteiger partial charge in [-0.3, -0.25) is 0 Å². The molecule has 1 aromatic rings. The van der Waals surface area contributed by atoms with Crippen LogP contribution < -0.4 is 0 Å². The fourth-order valence-electron chi connectivity index (χ4n) is 1.56. The van der Waals surface area contributed by atoms with Gasteiger partial charge in [-0.15, -0.1) is 0 Å². The van der Waals surface area contributed by atoms with Crippen LogP contribution >= 0.6 is 23.4 Å². The number of carbonyl (C=O) groups excluding carboxylic acids is 1. The van der Waals surface area contributed by atoms with Crippen LogP contribution in [-0.2, 0) is 20.3 Å². The van der Waals surface area contributed by atoms with Gasteiger partial charge < -0.3 is 4.74 Å². The van der Waals surface area contributed by atoms with Crippen LogP contribution in [0.3, 0.4) is 0 Å². The van der Waals surface area contributed by atoms with Crippen molar-refractivity contribution in [3.63, 3.8) is 0 Å². The number of rotatable bonds is 5. The van der Waals surface area contributed by atoms with E-state index < -0.39 is 15.8 Å². The highest BCUT2D eigenvalue weighted by molar-refractivity contribution is 7.98. The molecule has 4 nitrogen and oxygen atoms in total. The number of methoxy groups -OCH3 is 1. The van der Waals surface area contributed by atoms with Gasteiger partial charge in [0.05, 0.1) is 22.6 Å². The number of hydrogen-bond acceptors (Lipinski definition) is 5. The Morgan fingerprint density at radius 2 is 2.05 bits per heavy atom. The molecule has 106 valence electrons. The van der Waals surface area contributed by atoms with Crippen molar-refractivity contribution in [1.82, 2.24) is 0 Å². The highest BCUT2D eigenvalue weighted by Gasteiger charge is 2.21. The van der Waals surface area contributed by atoms with E-state index in [0.29, 0.717) is 11.3 Å². The molecule has 0 aromatic heterocycles. The summed E-state index contributed by atoms with van der Waals surface area (Å²) in [5.41, 5.74) is 0.641. The first-order chi connectivity index (χ1) is 8.82. The Morgan fingerprint density at radius 1 is 1.42 bits per heavy atom. The standard InChI is InChI=1S/C12H15ClO4S2/c1-4-18-7-9-10(19(3,15)16)6-5-8(11(9)13)12(14)17-2/h5-6H,4,7H2,1-3H3. The summed E-state index contributed by atoms with van der Waals surface area (Å²) in [5.74, 6) is 0.678. The van der Waals surface area contributed by atoms with Crippen molar-refractivity contribution >= 4 is 39.2 Å². The first-order valence-electron chi connectivity index (χ1n) is 5.50. The van der Waals surface area contributed by atoms with E-state index in [1.807, 2.05) is 6.92 Å². The third-order valence-electron chi connectivity index (χ3n) is 2.46. The molecular formula is C12H15ClO4S2. The maximum absolute atomic E-state index is 11.7. The van der Waals surface area contributed by atoms with Crippen molar-refractivity contribution in [2.24, 2.45) is 0 Å². The van der Waals surface area contributed by atoms with Gasteiger partial charge in [-0.1, -0.05) is 18.5 Å². The van der Waals surface area contributed by atoms with Gasteiger partial charge in [0.25, 0.3) is 0 Å². The third-order valence-corrected chi connectivity index (χ3v) is 4.97. The monoisotopic (exact) mass is 322 g/mol. The second kappa shape index (κ2) is 6.63. The number of ether oxygens (including phenoxy) is 1. The number of halogens is 1. The van der Waals surface area contributed by atoms with E-state index in [2.05, 4.69) is 4.74 Å². The van der Waals surface area contributed by atoms with Gasteiger partial charge >= 0.3 is 5.97 Å². The molecule has 0 saturated carbocycles. The molecule has 0 fully saturated rings. The van der Waals surface area contributed by atoms with Crippen molar-refractivity contribution in [3.05, 3.63) is 28.3 Å². The van der Waals surface area contributed by atoms with E-state index in [1.165, 1.54) is 31.0 Å². The predicted octanol–water partition coefficient (Wildman–Crippen LogP) is 2.78. The number of esters is 1. The van der Waals surface area contributed by atoms with Crippen molar-refractivity contribution < 1.29 is 17.9 Å². The van der Waals surface area contributed by atoms with E-state index in [-0.39, 0.29) is 15.5 Å². The largest absolute Gasteiger partial charge is 0.465 e. The third kappa shape index (κ3) is 3.87. The summed E-state index contributed by atoms with van der Waals surface area (Å²) in [6.07, 6.45) is 1.12. The summed E-state index contributed by atoms with van der Waals surface area (Å²) >= 11 is 7.68. The summed E-state index contributed by atoms with van der Waals surface area (Å²) in [4.78, 5) is 11.7. The molecule has 0 aliphatic heterocycles. The number of carbonyl (C=O) groups is 1. The maximum atomic E-state index is 11.7. The maximum Gasteiger partial charge on any atom is 0.339 e. The lowest BCUT2D eigenvalue weighted by Crippen LogP contribution is -2.08. The van der Waals surface area contributed by atoms with Crippen LogP contribution in [0.2, 0.25) is 5.02 Å². The van der Waals surface area contributed by atoms with E-state index in [4.69, 9.17) is 11.6 Å². The zero-order valence-corrected chi connectivity index (χ0v) is 13.3. The van der Waals surface area contributed by atoms with Crippen LogP contribution in [0.4, 0.5) is 0 Å². The molecule has 1 aromatic carbocycles. The highest BCUT2D eigenvalue weighted by Crippen LogP contribution is 2.31. The Balaban J connectivity index is 3.45. The average molecular weight is 323 g/mol. The Bertz CT molecular complexity index is 582. The molecule has 1 rings (SSSR count). The number of benzene rings is 1. The van der Waals surface area contributed by atoms with Crippen LogP contribution in [0.5, 0.6) is 0 Å². The Kier molecular flexibility index (Phi) is 5.70. The first kappa shape index (κ1) is 16.3. The highest BCUT2D eigenvalue weighted by atomic mass is 35.5. The van der Waals surface area contributed by atoms with Crippen LogP contribution in [0.25, 0.3) is 0 Å². The van der Waals surface area contributed by atoms with Gasteiger partial charge in [0.15, 0.2) is 9.84 Å². The second-order valence-corrected chi connectivity index (χ2v) is 7.44. The summed E-state index contributed by atoms with van der Waals surface area (Å²) in [5, 5.41) is 0.149. The lowest BCUT2D eigenvalue weighted by atomic mass is 10.1. The minimum Gasteiger partial charge on any atom is -0.465 e. The quantitative estimate of drug-likeness (QED) is 0.780. The molecule has 0 heterocycles. The zero-order chi connectivity index (χ0) is 14.6. The summed E-state index contributed by atoms with van der Waals surface area (Å²) in [6, 6.07) is 2.78. The minimum absolute atomic E-state index is 0.149. The van der Waals surface area contributed by atoms with Crippen LogP contribution in [0, 0.1) is 0 Å². The van der Waals surface area contributed by atoms with E-state index >= 15 is 0 Å². The molecular weight excluding hydrogens is 308 g/mol. The minimum atomic E-state index is -3.39. The van der Waals surface area contributed by atoms with E-state index in [1.54, 1.807) is 0 Å². The van der Waals surface area contributed by atoms with Crippen molar-refractivity contribution in [2.45, 2.75) is 17.6 Å². The fourth-order valence-corrected chi connectivity index (χ4v) is 3.74. The molecule has 0 aliphatic carbocycles. The van der Waals surface area contributed by atoms with E-state index in [0.717, 1.165) is 12.0 Å². The molecule has 0 radical (unpaired) electrons. The number of thioether (sulfide) groups is 1. The van der Waals surface area contributed by atoms with E-state index in [9.17, 15) is 13.2 Å². The molecule has 0 amide bonds. The van der Waals surface area contributed by atoms with Crippen molar-refractivity contribution in [2.75, 3.05) is 19.1 Å². The van der Waals surface area contributed by atoms with Crippen LogP contribution in [0.1, 0.15) is 22.8 Å². The van der Waals surface area contributed by atoms with Gasteiger partial charge in [0, 0.05) is 17.6 Å². The SMILES string of the molecule is CCSCc1c(S(C)(=O)=O)ccc(C(=O)OC)c1Cl. The molecule has 0 spiro atoms. The van der Waals surface area contributed by atoms with Gasteiger partial charge in [-0.05, 0) is 17.9 Å². The Labute approximate surface area is 122 Å². The molecule has 0 atom stereocenters. The number of hydrogen-bond donors (Lipinski definition) is 0. The van der Waals surface area contributed by atoms with Crippen LogP contribution in [0.15, 0.2) is 17.0 Å². The Morgan fingerprint density at radius 3 is 2.53 bits per heavy atom. The zero-order valence-electron chi connectivity index (χ0n) is 10.9.